The van der Waals surface area contributed by atoms with Crippen molar-refractivity contribution in [1.82, 2.24) is 15.5 Å². The molecule has 3 amide bonds. The molecule has 2 aromatic carbocycles. The van der Waals surface area contributed by atoms with Crippen LogP contribution in [0.15, 0.2) is 53.7 Å². The highest BCUT2D eigenvalue weighted by molar-refractivity contribution is 6.13. The molecular formula is C19H16FN5O2. The molecule has 8 heteroatoms. The second-order valence-electron chi connectivity index (χ2n) is 6.34. The van der Waals surface area contributed by atoms with Gasteiger partial charge in [-0.2, -0.15) is 5.10 Å². The highest BCUT2D eigenvalue weighted by Gasteiger charge is 2.38. The zero-order valence-corrected chi connectivity index (χ0v) is 14.4. The Morgan fingerprint density at radius 3 is 2.85 bits per heavy atom. The van der Waals surface area contributed by atoms with E-state index in [1.165, 1.54) is 6.07 Å². The summed E-state index contributed by atoms with van der Waals surface area (Å²) < 4.78 is 14.3. The maximum atomic E-state index is 14.3. The normalized spacial score (nSPS) is 19.5. The Bertz CT molecular complexity index is 1070. The summed E-state index contributed by atoms with van der Waals surface area (Å²) in [7, 11) is 0. The molecule has 0 saturated carbocycles. The van der Waals surface area contributed by atoms with Gasteiger partial charge in [0.15, 0.2) is 0 Å². The van der Waals surface area contributed by atoms with Crippen molar-refractivity contribution >= 4 is 34.2 Å². The fourth-order valence-corrected chi connectivity index (χ4v) is 3.29. The molecule has 3 N–H and O–H groups in total. The number of carbonyl (C=O) groups excluding carboxylic acids is 2. The molecule has 1 aliphatic heterocycles. The molecule has 2 atom stereocenters. The van der Waals surface area contributed by atoms with Gasteiger partial charge in [-0.3, -0.25) is 9.89 Å². The van der Waals surface area contributed by atoms with E-state index in [2.05, 4.69) is 25.8 Å². The van der Waals surface area contributed by atoms with Gasteiger partial charge in [0, 0.05) is 22.3 Å². The number of amides is 3. The SMILES string of the molecule is CC1=NC(=O)NC(c2ccccc2F)C1C(=O)Nc1ccc2[nH]ncc2c1. The smallest absolute Gasteiger partial charge is 0.328 e. The molecule has 27 heavy (non-hydrogen) atoms. The van der Waals surface area contributed by atoms with Gasteiger partial charge in [-0.25, -0.2) is 14.2 Å². The van der Waals surface area contributed by atoms with Crippen molar-refractivity contribution in [3.8, 4) is 0 Å². The quantitative estimate of drug-likeness (QED) is 0.665. The predicted molar refractivity (Wildman–Crippen MR) is 99.0 cm³/mol. The van der Waals surface area contributed by atoms with Gasteiger partial charge in [0.25, 0.3) is 0 Å². The van der Waals surface area contributed by atoms with Crippen molar-refractivity contribution in [2.24, 2.45) is 10.9 Å². The molecule has 2 heterocycles. The molecule has 0 radical (unpaired) electrons. The van der Waals surface area contributed by atoms with Gasteiger partial charge in [-0.1, -0.05) is 18.2 Å². The second-order valence-corrected chi connectivity index (χ2v) is 6.34. The summed E-state index contributed by atoms with van der Waals surface area (Å²) in [5.41, 5.74) is 1.99. The van der Waals surface area contributed by atoms with E-state index in [0.29, 0.717) is 11.4 Å². The minimum atomic E-state index is -0.839. The van der Waals surface area contributed by atoms with E-state index in [-0.39, 0.29) is 11.5 Å². The zero-order chi connectivity index (χ0) is 19.0. The van der Waals surface area contributed by atoms with Crippen molar-refractivity contribution in [3.63, 3.8) is 0 Å². The van der Waals surface area contributed by atoms with Crippen LogP contribution < -0.4 is 10.6 Å². The largest absolute Gasteiger partial charge is 0.341 e. The van der Waals surface area contributed by atoms with E-state index in [4.69, 9.17) is 0 Å². The molecule has 3 aromatic rings. The topological polar surface area (TPSA) is 99.2 Å². The number of fused-ring (bicyclic) bond motifs is 1. The van der Waals surface area contributed by atoms with Crippen LogP contribution in [0.1, 0.15) is 18.5 Å². The van der Waals surface area contributed by atoms with Gasteiger partial charge >= 0.3 is 6.03 Å². The van der Waals surface area contributed by atoms with Crippen LogP contribution in [-0.2, 0) is 4.79 Å². The van der Waals surface area contributed by atoms with Crippen molar-refractivity contribution in [2.45, 2.75) is 13.0 Å². The minimum Gasteiger partial charge on any atom is -0.328 e. The summed E-state index contributed by atoms with van der Waals surface area (Å²) in [5, 5.41) is 13.1. The molecular weight excluding hydrogens is 349 g/mol. The summed E-state index contributed by atoms with van der Waals surface area (Å²) in [4.78, 5) is 28.7. The van der Waals surface area contributed by atoms with Crippen molar-refractivity contribution in [2.75, 3.05) is 5.32 Å². The third-order valence-corrected chi connectivity index (χ3v) is 4.57. The van der Waals surface area contributed by atoms with Crippen molar-refractivity contribution in [3.05, 3.63) is 60.0 Å². The number of halogens is 1. The first-order valence-corrected chi connectivity index (χ1v) is 8.37. The molecule has 0 bridgehead atoms. The number of hydrogen-bond donors (Lipinski definition) is 3. The van der Waals surface area contributed by atoms with Crippen LogP contribution in [0.2, 0.25) is 0 Å². The van der Waals surface area contributed by atoms with Gasteiger partial charge in [-0.15, -0.1) is 0 Å². The molecule has 2 unspecified atom stereocenters. The number of aliphatic imine (C=N–C) groups is 1. The van der Waals surface area contributed by atoms with Gasteiger partial charge in [0.2, 0.25) is 5.91 Å². The monoisotopic (exact) mass is 365 g/mol. The molecule has 1 aromatic heterocycles. The summed E-state index contributed by atoms with van der Waals surface area (Å²) in [6, 6.07) is 9.95. The second kappa shape index (κ2) is 6.64. The van der Waals surface area contributed by atoms with E-state index in [1.54, 1.807) is 49.5 Å². The molecule has 136 valence electrons. The first kappa shape index (κ1) is 16.9. The average Bonchev–Trinajstić information content (AvgIpc) is 3.09. The summed E-state index contributed by atoms with van der Waals surface area (Å²) in [6.45, 7) is 1.59. The van der Waals surface area contributed by atoms with Crippen molar-refractivity contribution in [1.29, 1.82) is 0 Å². The standard InChI is InChI=1S/C19H16FN5O2/c1-10-16(17(24-19(27)22-10)13-4-2-3-5-14(13)20)18(26)23-12-6-7-15-11(8-12)9-21-25-15/h2-9,16-17H,1H3,(H,21,25)(H,23,26)(H,24,27). The molecule has 0 aliphatic carbocycles. The average molecular weight is 365 g/mol. The van der Waals surface area contributed by atoms with Crippen LogP contribution in [0, 0.1) is 11.7 Å². The van der Waals surface area contributed by atoms with Gasteiger partial charge in [0.05, 0.1) is 17.8 Å². The molecule has 0 spiro atoms. The number of rotatable bonds is 3. The Balaban J connectivity index is 1.67. The predicted octanol–water partition coefficient (Wildman–Crippen LogP) is 3.18. The van der Waals surface area contributed by atoms with Crippen LogP contribution in [0.3, 0.4) is 0 Å². The van der Waals surface area contributed by atoms with E-state index in [0.717, 1.165) is 10.9 Å². The fraction of sp³-hybridized carbons (Fsp3) is 0.158. The number of aromatic nitrogens is 2. The fourth-order valence-electron chi connectivity index (χ4n) is 3.29. The lowest BCUT2D eigenvalue weighted by molar-refractivity contribution is -0.118. The summed E-state index contributed by atoms with van der Waals surface area (Å²) in [6.07, 6.45) is 1.65. The third kappa shape index (κ3) is 3.17. The number of nitrogens with one attached hydrogen (secondary N) is 3. The Morgan fingerprint density at radius 1 is 1.22 bits per heavy atom. The lowest BCUT2D eigenvalue weighted by Crippen LogP contribution is -2.45. The first-order valence-electron chi connectivity index (χ1n) is 8.37. The number of aromatic amines is 1. The van der Waals surface area contributed by atoms with E-state index in [1.807, 2.05) is 0 Å². The van der Waals surface area contributed by atoms with Crippen molar-refractivity contribution < 1.29 is 14.0 Å². The summed E-state index contributed by atoms with van der Waals surface area (Å²) >= 11 is 0. The number of urea groups is 1. The summed E-state index contributed by atoms with van der Waals surface area (Å²) in [5.74, 6) is -1.71. The molecule has 0 saturated heterocycles. The highest BCUT2D eigenvalue weighted by Crippen LogP contribution is 2.30. The Kier molecular flexibility index (Phi) is 4.15. The number of carbonyl (C=O) groups is 2. The molecule has 4 rings (SSSR count). The van der Waals surface area contributed by atoms with Crippen LogP contribution >= 0.6 is 0 Å². The first-order chi connectivity index (χ1) is 13.0. The molecule has 0 fully saturated rings. The number of hydrogen-bond acceptors (Lipinski definition) is 3. The van der Waals surface area contributed by atoms with Crippen LogP contribution in [0.4, 0.5) is 14.9 Å². The lowest BCUT2D eigenvalue weighted by atomic mass is 9.87. The Labute approximate surface area is 153 Å². The van der Waals surface area contributed by atoms with Gasteiger partial charge in [0.1, 0.15) is 11.7 Å². The van der Waals surface area contributed by atoms with E-state index >= 15 is 0 Å². The van der Waals surface area contributed by atoms with Gasteiger partial charge < -0.3 is 10.6 Å². The maximum absolute atomic E-state index is 14.3. The Morgan fingerprint density at radius 2 is 2.04 bits per heavy atom. The maximum Gasteiger partial charge on any atom is 0.341 e. The number of H-pyrrole nitrogens is 1. The van der Waals surface area contributed by atoms with E-state index in [9.17, 15) is 14.0 Å². The zero-order valence-electron chi connectivity index (χ0n) is 14.4. The number of nitrogens with zero attached hydrogens (tertiary/aromatic N) is 2. The highest BCUT2D eigenvalue weighted by atomic mass is 19.1. The number of benzene rings is 2. The Hall–Kier alpha value is -3.55. The van der Waals surface area contributed by atoms with Crippen LogP contribution in [0.5, 0.6) is 0 Å². The molecule has 7 nitrogen and oxygen atoms in total. The molecule has 1 aliphatic rings. The van der Waals surface area contributed by atoms with Crippen LogP contribution in [0.25, 0.3) is 10.9 Å². The van der Waals surface area contributed by atoms with E-state index < -0.39 is 23.8 Å². The lowest BCUT2D eigenvalue weighted by Gasteiger charge is -2.30. The third-order valence-electron chi connectivity index (χ3n) is 4.57. The minimum absolute atomic E-state index is 0.241. The number of anilines is 1. The van der Waals surface area contributed by atoms with Crippen LogP contribution in [-0.4, -0.2) is 27.8 Å². The van der Waals surface area contributed by atoms with Gasteiger partial charge in [-0.05, 0) is 31.2 Å².